The van der Waals surface area contributed by atoms with E-state index in [0.29, 0.717) is 39.0 Å². The van der Waals surface area contributed by atoms with Crippen molar-refractivity contribution in [3.63, 3.8) is 0 Å². The van der Waals surface area contributed by atoms with Gasteiger partial charge in [0.25, 0.3) is 5.91 Å². The van der Waals surface area contributed by atoms with Gasteiger partial charge >= 0.3 is 12.1 Å². The number of hydrogen-bond donors (Lipinski definition) is 0. The Morgan fingerprint density at radius 2 is 1.63 bits per heavy atom. The maximum Gasteiger partial charge on any atom is 0.410 e. The van der Waals surface area contributed by atoms with Crippen LogP contribution in [-0.2, 0) is 32.0 Å². The van der Waals surface area contributed by atoms with Crippen LogP contribution in [0.1, 0.15) is 51.7 Å². The molecule has 2 amide bonds. The van der Waals surface area contributed by atoms with Crippen molar-refractivity contribution in [1.29, 1.82) is 0 Å². The predicted molar refractivity (Wildman–Crippen MR) is 112 cm³/mol. The molecule has 0 spiro atoms. The lowest BCUT2D eigenvalue weighted by molar-refractivity contribution is -0.164. The van der Waals surface area contributed by atoms with Gasteiger partial charge in [-0.25, -0.2) is 4.79 Å². The summed E-state index contributed by atoms with van der Waals surface area (Å²) in [6, 6.07) is 8.10. The molecule has 7 heteroatoms. The zero-order chi connectivity index (χ0) is 21.9. The lowest BCUT2D eigenvalue weighted by Crippen LogP contribution is -2.45. The van der Waals surface area contributed by atoms with Crippen molar-refractivity contribution in [2.24, 2.45) is 5.92 Å². The molecule has 7 nitrogen and oxygen atoms in total. The number of nitrogens with zero attached hydrogens (tertiary/aromatic N) is 2. The summed E-state index contributed by atoms with van der Waals surface area (Å²) in [4.78, 5) is 40.9. The lowest BCUT2D eigenvalue weighted by Gasteiger charge is -2.33. The smallest absolute Gasteiger partial charge is 0.410 e. The Labute approximate surface area is 178 Å². The average molecular weight is 417 g/mol. The van der Waals surface area contributed by atoms with E-state index in [9.17, 15) is 14.4 Å². The molecule has 0 radical (unpaired) electrons. The number of amides is 2. The van der Waals surface area contributed by atoms with Gasteiger partial charge in [-0.2, -0.15) is 0 Å². The number of likely N-dealkylation sites (tertiary alicyclic amines) is 1. The Hall–Kier alpha value is -2.57. The molecule has 0 unspecified atom stereocenters. The van der Waals surface area contributed by atoms with Gasteiger partial charge in [-0.3, -0.25) is 9.59 Å². The van der Waals surface area contributed by atoms with E-state index in [2.05, 4.69) is 6.07 Å². The number of benzene rings is 1. The molecule has 0 aliphatic carbocycles. The van der Waals surface area contributed by atoms with Crippen molar-refractivity contribution in [2.45, 2.75) is 65.2 Å². The maximum absolute atomic E-state index is 12.8. The monoisotopic (exact) mass is 416 g/mol. The molecule has 0 aromatic heterocycles. The molecule has 2 aliphatic rings. The van der Waals surface area contributed by atoms with Gasteiger partial charge in [-0.1, -0.05) is 24.3 Å². The Balaban J connectivity index is 1.47. The normalized spacial score (nSPS) is 18.4. The van der Waals surface area contributed by atoms with Gasteiger partial charge in [-0.05, 0) is 58.1 Å². The van der Waals surface area contributed by atoms with E-state index in [1.54, 1.807) is 16.7 Å². The quantitative estimate of drug-likeness (QED) is 0.708. The van der Waals surface area contributed by atoms with Crippen molar-refractivity contribution in [1.82, 2.24) is 9.80 Å². The molecular weight excluding hydrogens is 384 g/mol. The zero-order valence-corrected chi connectivity index (χ0v) is 18.3. The van der Waals surface area contributed by atoms with Crippen LogP contribution in [0.15, 0.2) is 24.3 Å². The first-order valence-electron chi connectivity index (χ1n) is 10.7. The molecule has 2 heterocycles. The van der Waals surface area contributed by atoms with Gasteiger partial charge in [0.2, 0.25) is 0 Å². The number of piperidine rings is 1. The highest BCUT2D eigenvalue weighted by Crippen LogP contribution is 2.23. The average Bonchev–Trinajstić information content (AvgIpc) is 2.71. The first kappa shape index (κ1) is 22.1. The molecule has 0 bridgehead atoms. The Morgan fingerprint density at radius 1 is 1.00 bits per heavy atom. The predicted octanol–water partition coefficient (Wildman–Crippen LogP) is 3.15. The number of rotatable bonds is 3. The molecule has 164 valence electrons. The van der Waals surface area contributed by atoms with Crippen molar-refractivity contribution < 1.29 is 23.9 Å². The number of esters is 1. The van der Waals surface area contributed by atoms with Crippen molar-refractivity contribution >= 4 is 18.0 Å². The highest BCUT2D eigenvalue weighted by molar-refractivity contribution is 5.84. The summed E-state index contributed by atoms with van der Waals surface area (Å²) < 4.78 is 10.9. The molecule has 1 fully saturated rings. The molecule has 1 aromatic carbocycles. The number of fused-ring (bicyclic) bond motifs is 1. The third kappa shape index (κ3) is 5.52. The first-order valence-corrected chi connectivity index (χ1v) is 10.7. The van der Waals surface area contributed by atoms with E-state index in [-0.39, 0.29) is 23.9 Å². The second kappa shape index (κ2) is 9.06. The lowest BCUT2D eigenvalue weighted by atomic mass is 9.97. The first-order chi connectivity index (χ1) is 14.1. The standard InChI is InChI=1S/C23H32N2O5/c1-16(20(26)25-14-9-17-7-5-6-8-19(17)15-25)29-21(27)18-10-12-24(13-11-18)22(28)30-23(2,3)4/h5-8,16,18H,9-15H2,1-4H3/t16-/m0/s1. The number of ether oxygens (including phenoxy) is 2. The van der Waals surface area contributed by atoms with Crippen LogP contribution in [0.5, 0.6) is 0 Å². The fourth-order valence-corrected chi connectivity index (χ4v) is 3.89. The summed E-state index contributed by atoms with van der Waals surface area (Å²) in [5.41, 5.74) is 1.87. The van der Waals surface area contributed by atoms with E-state index in [4.69, 9.17) is 9.47 Å². The van der Waals surface area contributed by atoms with Crippen LogP contribution in [0.4, 0.5) is 4.79 Å². The van der Waals surface area contributed by atoms with E-state index in [1.165, 1.54) is 5.56 Å². The highest BCUT2D eigenvalue weighted by atomic mass is 16.6. The topological polar surface area (TPSA) is 76.1 Å². The minimum Gasteiger partial charge on any atom is -0.452 e. The molecule has 1 atom stereocenters. The minimum atomic E-state index is -0.813. The van der Waals surface area contributed by atoms with E-state index in [1.807, 2.05) is 39.0 Å². The number of hydrogen-bond acceptors (Lipinski definition) is 5. The van der Waals surface area contributed by atoms with E-state index >= 15 is 0 Å². The number of carbonyl (C=O) groups is 3. The molecular formula is C23H32N2O5. The van der Waals surface area contributed by atoms with Crippen molar-refractivity contribution in [3.8, 4) is 0 Å². The fourth-order valence-electron chi connectivity index (χ4n) is 3.89. The summed E-state index contributed by atoms with van der Waals surface area (Å²) in [6.45, 7) is 9.19. The third-order valence-electron chi connectivity index (χ3n) is 5.56. The van der Waals surface area contributed by atoms with Gasteiger partial charge in [0, 0.05) is 26.2 Å². The summed E-state index contributed by atoms with van der Waals surface area (Å²) >= 11 is 0. The molecule has 0 saturated carbocycles. The van der Waals surface area contributed by atoms with Crippen LogP contribution in [0.3, 0.4) is 0 Å². The van der Waals surface area contributed by atoms with Gasteiger partial charge in [0.05, 0.1) is 5.92 Å². The highest BCUT2D eigenvalue weighted by Gasteiger charge is 2.33. The van der Waals surface area contributed by atoms with Crippen molar-refractivity contribution in [3.05, 3.63) is 35.4 Å². The molecule has 3 rings (SSSR count). The Morgan fingerprint density at radius 3 is 2.27 bits per heavy atom. The molecule has 1 aromatic rings. The third-order valence-corrected chi connectivity index (χ3v) is 5.56. The fraction of sp³-hybridized carbons (Fsp3) is 0.609. The molecule has 30 heavy (non-hydrogen) atoms. The second-order valence-electron chi connectivity index (χ2n) is 9.10. The summed E-state index contributed by atoms with van der Waals surface area (Å²) in [5, 5.41) is 0. The second-order valence-corrected chi connectivity index (χ2v) is 9.10. The van der Waals surface area contributed by atoms with Crippen molar-refractivity contribution in [2.75, 3.05) is 19.6 Å². The van der Waals surface area contributed by atoms with Gasteiger partial charge < -0.3 is 19.3 Å². The summed E-state index contributed by atoms with van der Waals surface area (Å²) in [7, 11) is 0. The Kier molecular flexibility index (Phi) is 6.68. The van der Waals surface area contributed by atoms with Crippen LogP contribution in [0, 0.1) is 5.92 Å². The Bertz CT molecular complexity index is 793. The minimum absolute atomic E-state index is 0.163. The van der Waals surface area contributed by atoms with Gasteiger partial charge in [0.15, 0.2) is 6.10 Å². The molecule has 0 N–H and O–H groups in total. The van der Waals surface area contributed by atoms with E-state index in [0.717, 1.165) is 12.0 Å². The van der Waals surface area contributed by atoms with E-state index < -0.39 is 11.7 Å². The summed E-state index contributed by atoms with van der Waals surface area (Å²) in [5.74, 6) is -0.831. The maximum atomic E-state index is 12.8. The largest absolute Gasteiger partial charge is 0.452 e. The van der Waals surface area contributed by atoms with Crippen LogP contribution in [0.25, 0.3) is 0 Å². The SMILES string of the molecule is C[C@H](OC(=O)C1CCN(C(=O)OC(C)(C)C)CC1)C(=O)N1CCc2ccccc2C1. The van der Waals surface area contributed by atoms with Crippen LogP contribution >= 0.6 is 0 Å². The zero-order valence-electron chi connectivity index (χ0n) is 18.3. The number of carbonyl (C=O) groups excluding carboxylic acids is 3. The summed E-state index contributed by atoms with van der Waals surface area (Å²) in [6.07, 6.45) is 0.660. The van der Waals surface area contributed by atoms with Crippen LogP contribution in [0.2, 0.25) is 0 Å². The van der Waals surface area contributed by atoms with Crippen LogP contribution < -0.4 is 0 Å². The van der Waals surface area contributed by atoms with Gasteiger partial charge in [0.1, 0.15) is 5.60 Å². The molecule has 2 aliphatic heterocycles. The molecule has 1 saturated heterocycles. The van der Waals surface area contributed by atoms with Crippen LogP contribution in [-0.4, -0.2) is 59.1 Å². The van der Waals surface area contributed by atoms with Gasteiger partial charge in [-0.15, -0.1) is 0 Å².